The van der Waals surface area contributed by atoms with Crippen LogP contribution in [0.3, 0.4) is 0 Å². The van der Waals surface area contributed by atoms with Crippen LogP contribution in [-0.2, 0) is 26.5 Å². The van der Waals surface area contributed by atoms with E-state index in [0.717, 1.165) is 50.9 Å². The summed E-state index contributed by atoms with van der Waals surface area (Å²) in [5.74, 6) is 1.11. The molecule has 0 saturated heterocycles. The molecule has 1 radical (unpaired) electrons. The van der Waals surface area contributed by atoms with Crippen molar-refractivity contribution in [2.45, 2.75) is 66.6 Å². The first-order chi connectivity index (χ1) is 23.5. The van der Waals surface area contributed by atoms with Gasteiger partial charge in [-0.15, -0.1) is 54.1 Å². The van der Waals surface area contributed by atoms with E-state index in [1.807, 2.05) is 36.5 Å². The van der Waals surface area contributed by atoms with Crippen molar-refractivity contribution in [2.75, 3.05) is 0 Å². The number of aromatic nitrogens is 2. The van der Waals surface area contributed by atoms with Crippen LogP contribution in [0, 0.1) is 25.0 Å². The third-order valence-corrected chi connectivity index (χ3v) is 11.0. The molecule has 0 spiro atoms. The summed E-state index contributed by atoms with van der Waals surface area (Å²) in [6, 6.07) is 40.0. The van der Waals surface area contributed by atoms with Gasteiger partial charge >= 0.3 is 0 Å². The Labute approximate surface area is 312 Å². The Bertz CT molecular complexity index is 2200. The largest absolute Gasteiger partial charge is 0.501 e. The molecule has 0 atom stereocenters. The van der Waals surface area contributed by atoms with Gasteiger partial charge in [-0.2, -0.15) is 0 Å². The zero-order valence-corrected chi connectivity index (χ0v) is 33.8. The third-order valence-electron chi connectivity index (χ3n) is 8.97. The standard InChI is InChI=1S/C27H22NO.C18H24NSi.Ir/c1-17(2)23-15-25(28-16-18(23)3)22-11-7-10-21-24-14-20(19-8-5-4-6-9-19)12-13-26(24)29-27(21)22;1-14(2)11-16-12-17(15-9-7-6-8-10-15)19-13-18(16)20(3,4)5;/h4-10,12-17H,1-3H3;6-9,12-14H,11H2,1-5H3;/q2*-1;. The first-order valence-electron chi connectivity index (χ1n) is 17.4. The van der Waals surface area contributed by atoms with E-state index in [1.54, 1.807) is 0 Å². The van der Waals surface area contributed by atoms with E-state index in [9.17, 15) is 0 Å². The number of hydrogen-bond acceptors (Lipinski definition) is 3. The van der Waals surface area contributed by atoms with E-state index in [1.165, 1.54) is 33.0 Å². The zero-order valence-electron chi connectivity index (χ0n) is 30.4. The number of furan rings is 1. The van der Waals surface area contributed by atoms with Gasteiger partial charge in [0.1, 0.15) is 5.58 Å². The van der Waals surface area contributed by atoms with Crippen LogP contribution in [0.2, 0.25) is 19.6 Å². The van der Waals surface area contributed by atoms with E-state index in [-0.39, 0.29) is 20.1 Å². The molecule has 0 amide bonds. The molecular weight excluding hydrogens is 805 g/mol. The summed E-state index contributed by atoms with van der Waals surface area (Å²) in [5, 5.41) is 3.71. The van der Waals surface area contributed by atoms with Crippen LogP contribution in [0.4, 0.5) is 0 Å². The topological polar surface area (TPSA) is 38.9 Å². The summed E-state index contributed by atoms with van der Waals surface area (Å²) in [7, 11) is -1.34. The number of hydrogen-bond donors (Lipinski definition) is 0. The van der Waals surface area contributed by atoms with Gasteiger partial charge in [-0.05, 0) is 76.1 Å². The minimum atomic E-state index is -1.34. The fraction of sp³-hybridized carbons (Fsp3) is 0.244. The predicted molar refractivity (Wildman–Crippen MR) is 210 cm³/mol. The molecular formula is C45H46IrN2OSi-2. The number of nitrogens with zero attached hydrogens (tertiary/aromatic N) is 2. The van der Waals surface area contributed by atoms with Crippen molar-refractivity contribution >= 4 is 35.2 Å². The molecule has 0 bridgehead atoms. The molecule has 0 aliphatic carbocycles. The molecule has 0 saturated carbocycles. The van der Waals surface area contributed by atoms with Gasteiger partial charge in [-0.1, -0.05) is 112 Å². The van der Waals surface area contributed by atoms with Gasteiger partial charge in [0, 0.05) is 37.9 Å². The maximum absolute atomic E-state index is 6.29. The Balaban J connectivity index is 0.000000204. The molecule has 3 heterocycles. The molecule has 3 nitrogen and oxygen atoms in total. The number of pyridine rings is 2. The van der Waals surface area contributed by atoms with Crippen molar-refractivity contribution in [1.29, 1.82) is 0 Å². The third kappa shape index (κ3) is 8.24. The summed E-state index contributed by atoms with van der Waals surface area (Å²) in [6.07, 6.45) is 5.19. The average molecular weight is 851 g/mol. The Kier molecular flexibility index (Phi) is 11.7. The van der Waals surface area contributed by atoms with Gasteiger partial charge in [0.2, 0.25) is 0 Å². The normalized spacial score (nSPS) is 11.5. The van der Waals surface area contributed by atoms with E-state index in [4.69, 9.17) is 4.42 Å². The minimum Gasteiger partial charge on any atom is -0.501 e. The van der Waals surface area contributed by atoms with Crippen LogP contribution in [0.25, 0.3) is 55.6 Å². The van der Waals surface area contributed by atoms with E-state index < -0.39 is 8.07 Å². The van der Waals surface area contributed by atoms with Crippen molar-refractivity contribution in [3.05, 3.63) is 138 Å². The van der Waals surface area contributed by atoms with E-state index in [0.29, 0.717) is 11.8 Å². The molecule has 5 heteroatoms. The molecule has 0 unspecified atom stereocenters. The number of aryl methyl sites for hydroxylation is 1. The molecule has 0 N–H and O–H groups in total. The molecule has 257 valence electrons. The van der Waals surface area contributed by atoms with Crippen LogP contribution in [0.1, 0.15) is 50.3 Å². The minimum absolute atomic E-state index is 0. The molecule has 3 aromatic heterocycles. The van der Waals surface area contributed by atoms with Crippen molar-refractivity contribution in [3.63, 3.8) is 0 Å². The van der Waals surface area contributed by atoms with Crippen LogP contribution < -0.4 is 5.19 Å². The molecule has 4 aromatic carbocycles. The van der Waals surface area contributed by atoms with Crippen molar-refractivity contribution in [2.24, 2.45) is 5.92 Å². The molecule has 0 aliphatic heterocycles. The molecule has 0 fully saturated rings. The maximum atomic E-state index is 6.29. The summed E-state index contributed by atoms with van der Waals surface area (Å²) in [6.45, 7) is 18.3. The Hall–Kier alpha value is -4.15. The maximum Gasteiger partial charge on any atom is 0.120 e. The number of benzene rings is 4. The molecule has 50 heavy (non-hydrogen) atoms. The monoisotopic (exact) mass is 851 g/mol. The first kappa shape index (κ1) is 37.1. The first-order valence-corrected chi connectivity index (χ1v) is 20.9. The quantitative estimate of drug-likeness (QED) is 0.118. The van der Waals surface area contributed by atoms with Gasteiger partial charge < -0.3 is 14.4 Å². The van der Waals surface area contributed by atoms with Gasteiger partial charge in [0.05, 0.1) is 13.7 Å². The van der Waals surface area contributed by atoms with Gasteiger partial charge in [0.25, 0.3) is 0 Å². The molecule has 7 rings (SSSR count). The summed E-state index contributed by atoms with van der Waals surface area (Å²) >= 11 is 0. The second-order valence-electron chi connectivity index (χ2n) is 14.7. The van der Waals surface area contributed by atoms with Gasteiger partial charge in [-0.3, -0.25) is 0 Å². The van der Waals surface area contributed by atoms with Crippen molar-refractivity contribution in [3.8, 4) is 33.6 Å². The summed E-state index contributed by atoms with van der Waals surface area (Å²) in [5.41, 5.74) is 12.1. The Morgan fingerprint density at radius 3 is 2.14 bits per heavy atom. The van der Waals surface area contributed by atoms with Crippen LogP contribution in [-0.4, -0.2) is 18.0 Å². The van der Waals surface area contributed by atoms with Crippen LogP contribution in [0.15, 0.2) is 114 Å². The van der Waals surface area contributed by atoms with Gasteiger partial charge in [-0.25, -0.2) is 0 Å². The fourth-order valence-electron chi connectivity index (χ4n) is 6.52. The Morgan fingerprint density at radius 2 is 1.46 bits per heavy atom. The number of rotatable bonds is 7. The molecule has 0 aliphatic rings. The smallest absolute Gasteiger partial charge is 0.120 e. The SMILES string of the molecule is CC(C)Cc1cc(-c2[c-]cccc2)ncc1[Si](C)(C)C.Cc1cnc(-c2[c-]ccc3c2oc2ccc(-c4ccccc4)cc23)cc1C(C)C.[Ir]. The van der Waals surface area contributed by atoms with Crippen LogP contribution in [0.5, 0.6) is 0 Å². The van der Waals surface area contributed by atoms with E-state index in [2.05, 4.69) is 149 Å². The van der Waals surface area contributed by atoms with Gasteiger partial charge in [0.15, 0.2) is 0 Å². The van der Waals surface area contributed by atoms with E-state index >= 15 is 0 Å². The zero-order chi connectivity index (χ0) is 34.7. The second-order valence-corrected chi connectivity index (χ2v) is 19.7. The summed E-state index contributed by atoms with van der Waals surface area (Å²) in [4.78, 5) is 9.37. The molecule has 7 aromatic rings. The fourth-order valence-corrected chi connectivity index (χ4v) is 8.11. The van der Waals surface area contributed by atoms with Crippen molar-refractivity contribution in [1.82, 2.24) is 9.97 Å². The number of fused-ring (bicyclic) bond motifs is 3. The van der Waals surface area contributed by atoms with Crippen molar-refractivity contribution < 1.29 is 24.5 Å². The van der Waals surface area contributed by atoms with Crippen LogP contribution >= 0.6 is 0 Å². The summed E-state index contributed by atoms with van der Waals surface area (Å²) < 4.78 is 6.29. The average Bonchev–Trinajstić information content (AvgIpc) is 3.47. The Morgan fingerprint density at radius 1 is 0.720 bits per heavy atom. The predicted octanol–water partition coefficient (Wildman–Crippen LogP) is 11.8. The second kappa shape index (κ2) is 15.8.